The Kier molecular flexibility index (Phi) is 4.00. The highest BCUT2D eigenvalue weighted by Gasteiger charge is 2.27. The molecule has 0 aliphatic heterocycles. The summed E-state index contributed by atoms with van der Waals surface area (Å²) < 4.78 is 33.7. The van der Waals surface area contributed by atoms with Gasteiger partial charge in [-0.3, -0.25) is 0 Å². The highest BCUT2D eigenvalue weighted by atomic mass is 32.2. The van der Waals surface area contributed by atoms with Crippen LogP contribution in [0.2, 0.25) is 0 Å². The highest BCUT2D eigenvalue weighted by molar-refractivity contribution is 8.00. The molecule has 0 radical (unpaired) electrons. The van der Waals surface area contributed by atoms with Gasteiger partial charge < -0.3 is 4.84 Å². The first-order chi connectivity index (χ1) is 4.06. The van der Waals surface area contributed by atoms with Crippen molar-refractivity contribution in [3.63, 3.8) is 0 Å². The van der Waals surface area contributed by atoms with Gasteiger partial charge in [-0.2, -0.15) is 13.2 Å². The number of alkyl halides is 3. The first-order valence-electron chi connectivity index (χ1n) is 2.08. The second kappa shape index (κ2) is 3.97. The van der Waals surface area contributed by atoms with Crippen LogP contribution in [0.5, 0.6) is 0 Å². The molecule has 0 amide bonds. The van der Waals surface area contributed by atoms with Gasteiger partial charge in [-0.05, 0) is 11.8 Å². The minimum atomic E-state index is -4.17. The van der Waals surface area contributed by atoms with Crippen LogP contribution < -0.4 is 5.90 Å². The molecule has 0 atom stereocenters. The van der Waals surface area contributed by atoms with Gasteiger partial charge >= 0.3 is 5.51 Å². The summed E-state index contributed by atoms with van der Waals surface area (Å²) in [4.78, 5) is 3.92. The van der Waals surface area contributed by atoms with Gasteiger partial charge in [-0.15, -0.1) is 0 Å². The first-order valence-corrected chi connectivity index (χ1v) is 3.07. The summed E-state index contributed by atoms with van der Waals surface area (Å²) in [6.45, 7) is -0.0792. The molecule has 0 saturated carbocycles. The minimum Gasteiger partial charge on any atom is -0.304 e. The molecule has 0 aromatic carbocycles. The third-order valence-corrected chi connectivity index (χ3v) is 1.17. The second-order valence-electron chi connectivity index (χ2n) is 1.16. The molecule has 0 spiro atoms. The molecule has 0 aromatic heterocycles. The standard InChI is InChI=1S/C3H6F3NOS/c4-3(5,6)9-2-1-8-7/h1-2,7H2. The fourth-order valence-corrected chi connectivity index (χ4v) is 0.617. The fourth-order valence-electron chi connectivity index (χ4n) is 0.206. The van der Waals surface area contributed by atoms with Crippen molar-refractivity contribution >= 4 is 11.8 Å². The molecule has 2 nitrogen and oxygen atoms in total. The summed E-state index contributed by atoms with van der Waals surface area (Å²) in [5.41, 5.74) is -4.17. The van der Waals surface area contributed by atoms with E-state index in [0.717, 1.165) is 0 Å². The third-order valence-electron chi connectivity index (χ3n) is 0.467. The molecular weight excluding hydrogens is 155 g/mol. The average Bonchev–Trinajstić information content (AvgIpc) is 1.63. The Morgan fingerprint density at radius 1 is 1.44 bits per heavy atom. The molecule has 0 aliphatic carbocycles. The van der Waals surface area contributed by atoms with Crippen LogP contribution in [-0.2, 0) is 4.84 Å². The lowest BCUT2D eigenvalue weighted by atomic mass is 10.9. The molecule has 0 aliphatic rings. The number of nitrogens with two attached hydrogens (primary N) is 1. The van der Waals surface area contributed by atoms with Crippen molar-refractivity contribution in [1.29, 1.82) is 0 Å². The normalized spacial score (nSPS) is 12.0. The Hall–Kier alpha value is 0.0600. The van der Waals surface area contributed by atoms with E-state index in [-0.39, 0.29) is 24.1 Å². The van der Waals surface area contributed by atoms with E-state index in [1.807, 2.05) is 0 Å². The van der Waals surface area contributed by atoms with Crippen LogP contribution in [0.25, 0.3) is 0 Å². The van der Waals surface area contributed by atoms with Crippen molar-refractivity contribution in [2.75, 3.05) is 12.4 Å². The lowest BCUT2D eigenvalue weighted by Crippen LogP contribution is -2.08. The summed E-state index contributed by atoms with van der Waals surface area (Å²) >= 11 is -0.147. The molecule has 56 valence electrons. The average molecular weight is 161 g/mol. The van der Waals surface area contributed by atoms with Crippen LogP contribution in [0.3, 0.4) is 0 Å². The van der Waals surface area contributed by atoms with Crippen molar-refractivity contribution in [1.82, 2.24) is 0 Å². The molecule has 0 bridgehead atoms. The summed E-state index contributed by atoms with van der Waals surface area (Å²) in [7, 11) is 0. The summed E-state index contributed by atoms with van der Waals surface area (Å²) in [6, 6.07) is 0. The highest BCUT2D eigenvalue weighted by Crippen LogP contribution is 2.29. The predicted molar refractivity (Wildman–Crippen MR) is 28.7 cm³/mol. The lowest BCUT2D eigenvalue weighted by Gasteiger charge is -2.02. The summed E-state index contributed by atoms with van der Waals surface area (Å²) in [5, 5.41) is 0. The van der Waals surface area contributed by atoms with Gasteiger partial charge in [0.05, 0.1) is 6.61 Å². The zero-order valence-corrected chi connectivity index (χ0v) is 5.26. The molecule has 0 saturated heterocycles. The Morgan fingerprint density at radius 3 is 2.33 bits per heavy atom. The Bertz CT molecular complexity index is 75.9. The largest absolute Gasteiger partial charge is 0.441 e. The van der Waals surface area contributed by atoms with Gasteiger partial charge in [0.2, 0.25) is 0 Å². The first kappa shape index (κ1) is 9.06. The van der Waals surface area contributed by atoms with E-state index in [4.69, 9.17) is 0 Å². The number of rotatable bonds is 3. The Labute approximate surface area is 54.5 Å². The van der Waals surface area contributed by atoms with Crippen molar-refractivity contribution in [2.24, 2.45) is 5.90 Å². The van der Waals surface area contributed by atoms with E-state index in [1.54, 1.807) is 0 Å². The molecular formula is C3H6F3NOS. The van der Waals surface area contributed by atoms with Gasteiger partial charge in [-0.1, -0.05) is 0 Å². The molecule has 0 rings (SSSR count). The predicted octanol–water partition coefficient (Wildman–Crippen LogP) is 1.13. The van der Waals surface area contributed by atoms with Crippen LogP contribution in [0.15, 0.2) is 0 Å². The third kappa shape index (κ3) is 8.06. The molecule has 0 unspecified atom stereocenters. The van der Waals surface area contributed by atoms with E-state index in [9.17, 15) is 13.2 Å². The van der Waals surface area contributed by atoms with E-state index in [2.05, 4.69) is 10.7 Å². The molecule has 6 heteroatoms. The SMILES string of the molecule is NOCCSC(F)(F)F. The zero-order valence-electron chi connectivity index (χ0n) is 4.44. The van der Waals surface area contributed by atoms with Crippen molar-refractivity contribution in [3.05, 3.63) is 0 Å². The summed E-state index contributed by atoms with van der Waals surface area (Å²) in [6.07, 6.45) is 0. The lowest BCUT2D eigenvalue weighted by molar-refractivity contribution is -0.0331. The number of thioether (sulfide) groups is 1. The van der Waals surface area contributed by atoms with Crippen molar-refractivity contribution < 1.29 is 18.0 Å². The smallest absolute Gasteiger partial charge is 0.304 e. The monoisotopic (exact) mass is 161 g/mol. The maximum absolute atomic E-state index is 11.2. The van der Waals surface area contributed by atoms with Gasteiger partial charge in [0.15, 0.2) is 0 Å². The molecule has 9 heavy (non-hydrogen) atoms. The van der Waals surface area contributed by atoms with E-state index in [1.165, 1.54) is 0 Å². The van der Waals surface area contributed by atoms with Gasteiger partial charge in [0.25, 0.3) is 0 Å². The zero-order chi connectivity index (χ0) is 7.33. The van der Waals surface area contributed by atoms with E-state index in [0.29, 0.717) is 0 Å². The molecule has 2 N–H and O–H groups in total. The number of hydrogen-bond acceptors (Lipinski definition) is 3. The second-order valence-corrected chi connectivity index (χ2v) is 2.32. The van der Waals surface area contributed by atoms with Gasteiger partial charge in [0, 0.05) is 5.75 Å². The van der Waals surface area contributed by atoms with Crippen LogP contribution in [0.4, 0.5) is 13.2 Å². The van der Waals surface area contributed by atoms with Gasteiger partial charge in [-0.25, -0.2) is 5.90 Å². The fraction of sp³-hybridized carbons (Fsp3) is 1.00. The van der Waals surface area contributed by atoms with Crippen molar-refractivity contribution in [2.45, 2.75) is 5.51 Å². The van der Waals surface area contributed by atoms with Crippen LogP contribution in [-0.4, -0.2) is 17.9 Å². The number of hydrogen-bond donors (Lipinski definition) is 1. The summed E-state index contributed by atoms with van der Waals surface area (Å²) in [5.74, 6) is 4.32. The molecule has 0 aromatic rings. The number of halogens is 3. The van der Waals surface area contributed by atoms with Crippen LogP contribution in [0.1, 0.15) is 0 Å². The maximum atomic E-state index is 11.2. The van der Waals surface area contributed by atoms with E-state index >= 15 is 0 Å². The van der Waals surface area contributed by atoms with Gasteiger partial charge in [0.1, 0.15) is 0 Å². The minimum absolute atomic E-state index is 0.0792. The topological polar surface area (TPSA) is 35.2 Å². The van der Waals surface area contributed by atoms with E-state index < -0.39 is 5.51 Å². The molecule has 0 fully saturated rings. The van der Waals surface area contributed by atoms with Crippen LogP contribution in [0, 0.1) is 0 Å². The maximum Gasteiger partial charge on any atom is 0.441 e. The Morgan fingerprint density at radius 2 is 2.00 bits per heavy atom. The van der Waals surface area contributed by atoms with Crippen molar-refractivity contribution in [3.8, 4) is 0 Å². The quantitative estimate of drug-likeness (QED) is 0.497. The van der Waals surface area contributed by atoms with Crippen LogP contribution >= 0.6 is 11.8 Å². The molecule has 0 heterocycles. The Balaban J connectivity index is 3.07.